The molecule has 0 aliphatic rings. The Morgan fingerprint density at radius 1 is 1.48 bits per heavy atom. The quantitative estimate of drug-likeness (QED) is 0.661. The van der Waals surface area contributed by atoms with Crippen molar-refractivity contribution >= 4 is 45.6 Å². The highest BCUT2D eigenvalue weighted by molar-refractivity contribution is 7.98. The van der Waals surface area contributed by atoms with Crippen molar-refractivity contribution in [1.29, 1.82) is 0 Å². The highest BCUT2D eigenvalue weighted by Gasteiger charge is 2.14. The molecule has 0 radical (unpaired) electrons. The van der Waals surface area contributed by atoms with Crippen LogP contribution < -0.4 is 10.2 Å². The van der Waals surface area contributed by atoms with Crippen molar-refractivity contribution in [2.45, 2.75) is 0 Å². The summed E-state index contributed by atoms with van der Waals surface area (Å²) >= 11 is 8.37. The van der Waals surface area contributed by atoms with E-state index in [1.54, 1.807) is 22.9 Å². The second kappa shape index (κ2) is 7.62. The van der Waals surface area contributed by atoms with E-state index in [4.69, 9.17) is 12.2 Å². The number of hydrogen-bond donors (Lipinski definition) is 1. The predicted octanol–water partition coefficient (Wildman–Crippen LogP) is 2.41. The summed E-state index contributed by atoms with van der Waals surface area (Å²) in [5, 5.41) is 13.1. The summed E-state index contributed by atoms with van der Waals surface area (Å²) in [5.41, 5.74) is 0.605. The van der Waals surface area contributed by atoms with Crippen molar-refractivity contribution in [2.24, 2.45) is 0 Å². The maximum atomic E-state index is 13.2. The number of nitrogens with one attached hydrogen (secondary N) is 1. The molecule has 0 fully saturated rings. The minimum Gasteiger partial charge on any atom is -0.361 e. The van der Waals surface area contributed by atoms with Gasteiger partial charge in [-0.1, -0.05) is 11.3 Å². The van der Waals surface area contributed by atoms with E-state index in [0.29, 0.717) is 20.8 Å². The molecule has 5 nitrogen and oxygen atoms in total. The van der Waals surface area contributed by atoms with Crippen LogP contribution in [0.15, 0.2) is 18.5 Å². The van der Waals surface area contributed by atoms with Crippen molar-refractivity contribution < 1.29 is 4.39 Å². The monoisotopic (exact) mass is 343 g/mol. The fourth-order valence-corrected chi connectivity index (χ4v) is 2.81. The molecule has 2 aromatic rings. The third-order valence-corrected chi connectivity index (χ3v) is 4.62. The van der Waals surface area contributed by atoms with Crippen molar-refractivity contribution in [2.75, 3.05) is 30.5 Å². The highest BCUT2D eigenvalue weighted by atomic mass is 32.2. The smallest absolute Gasteiger partial charge is 0.214 e. The number of thiocarbonyl (C=S) groups is 1. The second-order valence-corrected chi connectivity index (χ2v) is 6.39. The zero-order valence-electron chi connectivity index (χ0n) is 11.5. The number of hydrogen-bond acceptors (Lipinski definition) is 6. The van der Waals surface area contributed by atoms with Crippen LogP contribution in [-0.2, 0) is 0 Å². The van der Waals surface area contributed by atoms with Gasteiger partial charge in [0.15, 0.2) is 10.1 Å². The van der Waals surface area contributed by atoms with Gasteiger partial charge in [0.2, 0.25) is 5.13 Å². The lowest BCUT2D eigenvalue weighted by Gasteiger charge is -2.17. The van der Waals surface area contributed by atoms with E-state index in [9.17, 15) is 4.39 Å². The first-order valence-corrected chi connectivity index (χ1v) is 8.68. The zero-order valence-corrected chi connectivity index (χ0v) is 14.0. The van der Waals surface area contributed by atoms with E-state index in [-0.39, 0.29) is 0 Å². The maximum Gasteiger partial charge on any atom is 0.214 e. The van der Waals surface area contributed by atoms with Gasteiger partial charge in [0.1, 0.15) is 5.82 Å². The van der Waals surface area contributed by atoms with E-state index >= 15 is 0 Å². The van der Waals surface area contributed by atoms with Crippen LogP contribution in [0.1, 0.15) is 0 Å². The molecule has 0 aromatic carbocycles. The fourth-order valence-electron chi connectivity index (χ4n) is 1.46. The van der Waals surface area contributed by atoms with Gasteiger partial charge in [-0.2, -0.15) is 11.8 Å². The first-order chi connectivity index (χ1) is 10.1. The highest BCUT2D eigenvalue weighted by Crippen LogP contribution is 2.27. The number of halogens is 1. The minimum atomic E-state index is -0.396. The van der Waals surface area contributed by atoms with Crippen molar-refractivity contribution in [3.8, 4) is 10.6 Å². The van der Waals surface area contributed by atoms with Gasteiger partial charge in [-0.05, 0) is 24.5 Å². The molecule has 2 rings (SSSR count). The van der Waals surface area contributed by atoms with E-state index in [1.807, 2.05) is 13.3 Å². The standard InChI is InChI=1S/C12H14FN5S3/c1-18(11(19)15-3-4-20-2)12-17-16-10(21-12)8-5-9(13)7-14-6-8/h5-7H,3-4H2,1-2H3,(H,15,19). The summed E-state index contributed by atoms with van der Waals surface area (Å²) in [7, 11) is 1.82. The van der Waals surface area contributed by atoms with E-state index in [0.717, 1.165) is 18.5 Å². The molecule has 2 aromatic heterocycles. The molecule has 0 aliphatic heterocycles. The van der Waals surface area contributed by atoms with E-state index in [1.165, 1.54) is 17.4 Å². The van der Waals surface area contributed by atoms with Gasteiger partial charge in [-0.25, -0.2) is 4.39 Å². The first kappa shape index (κ1) is 16.1. The van der Waals surface area contributed by atoms with Gasteiger partial charge in [0.25, 0.3) is 0 Å². The molecule has 0 saturated heterocycles. The van der Waals surface area contributed by atoms with Crippen LogP contribution in [0.4, 0.5) is 9.52 Å². The van der Waals surface area contributed by atoms with Crippen LogP contribution in [0, 0.1) is 5.82 Å². The van der Waals surface area contributed by atoms with Gasteiger partial charge in [-0.3, -0.25) is 9.88 Å². The summed E-state index contributed by atoms with van der Waals surface area (Å²) in [6.45, 7) is 0.795. The molecule has 0 atom stereocenters. The lowest BCUT2D eigenvalue weighted by atomic mass is 10.3. The molecule has 0 saturated carbocycles. The number of thioether (sulfide) groups is 1. The Morgan fingerprint density at radius 3 is 3.00 bits per heavy atom. The van der Waals surface area contributed by atoms with E-state index < -0.39 is 5.82 Å². The summed E-state index contributed by atoms with van der Waals surface area (Å²) in [5.74, 6) is 0.580. The Bertz CT molecular complexity index is 618. The Hall–Kier alpha value is -1.32. The maximum absolute atomic E-state index is 13.2. The normalized spacial score (nSPS) is 10.4. The number of rotatable bonds is 5. The Labute approximate surface area is 136 Å². The molecule has 9 heteroatoms. The second-order valence-electron chi connectivity index (χ2n) is 4.07. The lowest BCUT2D eigenvalue weighted by molar-refractivity contribution is 0.622. The van der Waals surface area contributed by atoms with Gasteiger partial charge in [0, 0.05) is 31.1 Å². The summed E-state index contributed by atoms with van der Waals surface area (Å²) < 4.78 is 13.2. The molecule has 0 aliphatic carbocycles. The van der Waals surface area contributed by atoms with Gasteiger partial charge in [-0.15, -0.1) is 10.2 Å². The Balaban J connectivity index is 2.07. The van der Waals surface area contributed by atoms with Crippen LogP contribution in [0.25, 0.3) is 10.6 Å². The average Bonchev–Trinajstić information content (AvgIpc) is 2.96. The molecule has 0 amide bonds. The minimum absolute atomic E-state index is 0.396. The summed E-state index contributed by atoms with van der Waals surface area (Å²) in [4.78, 5) is 5.56. The molecular weight excluding hydrogens is 329 g/mol. The molecule has 0 spiro atoms. The van der Waals surface area contributed by atoms with Crippen LogP contribution in [0.3, 0.4) is 0 Å². The topological polar surface area (TPSA) is 53.9 Å². The summed E-state index contributed by atoms with van der Waals surface area (Å²) in [6.07, 6.45) is 4.75. The Kier molecular flexibility index (Phi) is 5.83. The molecular formula is C12H14FN5S3. The van der Waals surface area contributed by atoms with Crippen LogP contribution in [-0.4, -0.2) is 45.9 Å². The fraction of sp³-hybridized carbons (Fsp3) is 0.333. The molecule has 21 heavy (non-hydrogen) atoms. The number of aromatic nitrogens is 3. The number of anilines is 1. The molecule has 0 bridgehead atoms. The molecule has 0 unspecified atom stereocenters. The summed E-state index contributed by atoms with van der Waals surface area (Å²) in [6, 6.07) is 1.38. The van der Waals surface area contributed by atoms with Gasteiger partial charge < -0.3 is 5.32 Å². The average molecular weight is 343 g/mol. The third kappa shape index (κ3) is 4.32. The zero-order chi connectivity index (χ0) is 15.2. The predicted molar refractivity (Wildman–Crippen MR) is 90.5 cm³/mol. The molecule has 112 valence electrons. The van der Waals surface area contributed by atoms with Crippen molar-refractivity contribution in [1.82, 2.24) is 20.5 Å². The number of pyridine rings is 1. The van der Waals surface area contributed by atoms with Crippen LogP contribution in [0.5, 0.6) is 0 Å². The van der Waals surface area contributed by atoms with Gasteiger partial charge in [0.05, 0.1) is 6.20 Å². The van der Waals surface area contributed by atoms with Crippen LogP contribution in [0.2, 0.25) is 0 Å². The Morgan fingerprint density at radius 2 is 2.29 bits per heavy atom. The lowest BCUT2D eigenvalue weighted by Crippen LogP contribution is -2.38. The van der Waals surface area contributed by atoms with E-state index in [2.05, 4.69) is 20.5 Å². The largest absolute Gasteiger partial charge is 0.361 e. The first-order valence-electron chi connectivity index (χ1n) is 6.06. The van der Waals surface area contributed by atoms with Crippen molar-refractivity contribution in [3.63, 3.8) is 0 Å². The third-order valence-electron chi connectivity index (χ3n) is 2.54. The molecule has 1 N–H and O–H groups in total. The van der Waals surface area contributed by atoms with Crippen LogP contribution >= 0.6 is 35.3 Å². The van der Waals surface area contributed by atoms with Gasteiger partial charge >= 0.3 is 0 Å². The number of nitrogens with zero attached hydrogens (tertiary/aromatic N) is 4. The SMILES string of the molecule is CSCCNC(=S)N(C)c1nnc(-c2cncc(F)c2)s1. The van der Waals surface area contributed by atoms with Crippen molar-refractivity contribution in [3.05, 3.63) is 24.3 Å². The molecule has 2 heterocycles.